The third-order valence-electron chi connectivity index (χ3n) is 4.24. The number of carboxylic acids is 1. The van der Waals surface area contributed by atoms with E-state index in [1.807, 2.05) is 0 Å². The number of phenolic OH excluding ortho intramolecular Hbond substituents is 2. The maximum absolute atomic E-state index is 11.9. The highest BCUT2D eigenvalue weighted by Crippen LogP contribution is 2.34. The Morgan fingerprint density at radius 3 is 2.52 bits per heavy atom. The lowest BCUT2D eigenvalue weighted by atomic mass is 9.75. The highest BCUT2D eigenvalue weighted by Gasteiger charge is 2.49. The summed E-state index contributed by atoms with van der Waals surface area (Å²) in [5, 5.41) is 47.9. The fourth-order valence-corrected chi connectivity index (χ4v) is 2.84. The zero-order valence-electron chi connectivity index (χ0n) is 13.5. The van der Waals surface area contributed by atoms with E-state index in [0.29, 0.717) is 5.56 Å². The van der Waals surface area contributed by atoms with E-state index in [4.69, 9.17) is 9.84 Å². The molecule has 1 fully saturated rings. The van der Waals surface area contributed by atoms with Crippen LogP contribution in [-0.4, -0.2) is 55.3 Å². The molecule has 8 heteroatoms. The summed E-state index contributed by atoms with van der Waals surface area (Å²) in [5.74, 6) is -3.47. The minimum Gasteiger partial charge on any atom is -0.504 e. The molecule has 0 amide bonds. The van der Waals surface area contributed by atoms with Crippen LogP contribution in [0.4, 0.5) is 0 Å². The van der Waals surface area contributed by atoms with Crippen molar-refractivity contribution in [1.29, 1.82) is 0 Å². The summed E-state index contributed by atoms with van der Waals surface area (Å²) in [6, 6.07) is 3.94. The van der Waals surface area contributed by atoms with E-state index in [2.05, 4.69) is 0 Å². The molecular formula is C17H20O8. The summed E-state index contributed by atoms with van der Waals surface area (Å²) in [4.78, 5) is 23.1. The molecule has 5 N–H and O–H groups in total. The molecule has 25 heavy (non-hydrogen) atoms. The molecule has 1 aromatic rings. The van der Waals surface area contributed by atoms with Gasteiger partial charge in [0.15, 0.2) is 17.1 Å². The molecule has 0 spiro atoms. The Hall–Kier alpha value is -2.58. The molecule has 0 heterocycles. The standard InChI is InChI=1S/C17H20O8/c1-9-7-17(24,16(22)23)8-13(15(9)21)25-14(20)5-3-10-2-4-11(18)12(19)6-10/h2-6,9,13,15,18-19,21,24H,7-8H2,1H3,(H,22,23)/b5-3+/t9-,13?,15-,17+/m1/s1. The predicted octanol–water partition coefficient (Wildman–Crippen LogP) is 0.629. The lowest BCUT2D eigenvalue weighted by molar-refractivity contribution is -0.187. The van der Waals surface area contributed by atoms with Crippen LogP contribution in [0.25, 0.3) is 6.08 Å². The van der Waals surface area contributed by atoms with Gasteiger partial charge in [-0.3, -0.25) is 0 Å². The number of aliphatic hydroxyl groups is 2. The highest BCUT2D eigenvalue weighted by molar-refractivity contribution is 5.87. The maximum atomic E-state index is 11.9. The molecule has 1 saturated carbocycles. The predicted molar refractivity (Wildman–Crippen MR) is 85.7 cm³/mol. The van der Waals surface area contributed by atoms with Crippen molar-refractivity contribution in [3.8, 4) is 11.5 Å². The van der Waals surface area contributed by atoms with E-state index in [9.17, 15) is 30.0 Å². The van der Waals surface area contributed by atoms with Crippen molar-refractivity contribution in [3.63, 3.8) is 0 Å². The molecule has 1 aromatic carbocycles. The molecule has 1 aliphatic rings. The third kappa shape index (κ3) is 4.28. The Balaban J connectivity index is 2.06. The zero-order chi connectivity index (χ0) is 18.8. The van der Waals surface area contributed by atoms with Gasteiger partial charge in [0.2, 0.25) is 0 Å². The topological polar surface area (TPSA) is 145 Å². The van der Waals surface area contributed by atoms with Crippen LogP contribution in [0.1, 0.15) is 25.3 Å². The number of hydrogen-bond acceptors (Lipinski definition) is 7. The first-order valence-electron chi connectivity index (χ1n) is 7.67. The number of rotatable bonds is 4. The molecule has 8 nitrogen and oxygen atoms in total. The van der Waals surface area contributed by atoms with Crippen LogP contribution in [0.15, 0.2) is 24.3 Å². The first-order valence-corrected chi connectivity index (χ1v) is 7.67. The molecule has 0 bridgehead atoms. The van der Waals surface area contributed by atoms with Gasteiger partial charge < -0.3 is 30.3 Å². The van der Waals surface area contributed by atoms with Gasteiger partial charge in [-0.15, -0.1) is 0 Å². The van der Waals surface area contributed by atoms with Crippen LogP contribution < -0.4 is 0 Å². The number of aromatic hydroxyl groups is 2. The number of aliphatic carboxylic acids is 1. The zero-order valence-corrected chi connectivity index (χ0v) is 13.5. The van der Waals surface area contributed by atoms with Crippen molar-refractivity contribution in [2.75, 3.05) is 0 Å². The summed E-state index contributed by atoms with van der Waals surface area (Å²) in [5.41, 5.74) is -1.64. The van der Waals surface area contributed by atoms with E-state index in [1.54, 1.807) is 6.92 Å². The van der Waals surface area contributed by atoms with Gasteiger partial charge in [0.25, 0.3) is 0 Å². The Morgan fingerprint density at radius 1 is 1.24 bits per heavy atom. The molecular weight excluding hydrogens is 332 g/mol. The van der Waals surface area contributed by atoms with Crippen molar-refractivity contribution in [2.24, 2.45) is 5.92 Å². The lowest BCUT2D eigenvalue weighted by Crippen LogP contribution is -2.54. The quantitative estimate of drug-likeness (QED) is 0.301. The van der Waals surface area contributed by atoms with Gasteiger partial charge in [-0.25, -0.2) is 9.59 Å². The number of aliphatic hydroxyl groups excluding tert-OH is 1. The molecule has 1 aliphatic carbocycles. The number of esters is 1. The van der Waals surface area contributed by atoms with Crippen LogP contribution in [0.3, 0.4) is 0 Å². The second kappa shape index (κ2) is 7.12. The summed E-state index contributed by atoms with van der Waals surface area (Å²) in [6.45, 7) is 1.56. The van der Waals surface area contributed by atoms with Gasteiger partial charge in [0.1, 0.15) is 6.10 Å². The lowest BCUT2D eigenvalue weighted by Gasteiger charge is -2.39. The Labute approximate surface area is 143 Å². The summed E-state index contributed by atoms with van der Waals surface area (Å²) in [7, 11) is 0. The van der Waals surface area contributed by atoms with Gasteiger partial charge in [0.05, 0.1) is 6.10 Å². The van der Waals surface area contributed by atoms with Crippen molar-refractivity contribution < 1.29 is 39.9 Å². The Morgan fingerprint density at radius 2 is 1.92 bits per heavy atom. The second-order valence-electron chi connectivity index (χ2n) is 6.27. The first kappa shape index (κ1) is 18.8. The number of hydrogen-bond donors (Lipinski definition) is 5. The minimum atomic E-state index is -2.06. The average Bonchev–Trinajstić information content (AvgIpc) is 2.53. The number of benzene rings is 1. The van der Waals surface area contributed by atoms with Gasteiger partial charge in [0, 0.05) is 12.5 Å². The normalized spacial score (nSPS) is 29.5. The largest absolute Gasteiger partial charge is 0.504 e. The van der Waals surface area contributed by atoms with Crippen LogP contribution >= 0.6 is 0 Å². The monoisotopic (exact) mass is 352 g/mol. The van der Waals surface area contributed by atoms with Crippen molar-refractivity contribution >= 4 is 18.0 Å². The fourth-order valence-electron chi connectivity index (χ4n) is 2.84. The average molecular weight is 352 g/mol. The van der Waals surface area contributed by atoms with Crippen LogP contribution in [0.5, 0.6) is 11.5 Å². The van der Waals surface area contributed by atoms with Crippen molar-refractivity contribution in [1.82, 2.24) is 0 Å². The van der Waals surface area contributed by atoms with Gasteiger partial charge >= 0.3 is 11.9 Å². The number of carboxylic acid groups (broad SMARTS) is 1. The molecule has 0 radical (unpaired) electrons. The van der Waals surface area contributed by atoms with Crippen LogP contribution in [-0.2, 0) is 14.3 Å². The summed E-state index contributed by atoms with van der Waals surface area (Å²) in [6.07, 6.45) is -0.431. The third-order valence-corrected chi connectivity index (χ3v) is 4.24. The molecule has 1 unspecified atom stereocenters. The molecule has 136 valence electrons. The van der Waals surface area contributed by atoms with Crippen LogP contribution in [0, 0.1) is 5.92 Å². The Kier molecular flexibility index (Phi) is 5.34. The van der Waals surface area contributed by atoms with Crippen molar-refractivity contribution in [2.45, 2.75) is 37.6 Å². The molecule has 0 aromatic heterocycles. The maximum Gasteiger partial charge on any atom is 0.335 e. The summed E-state index contributed by atoms with van der Waals surface area (Å²) < 4.78 is 5.08. The van der Waals surface area contributed by atoms with E-state index >= 15 is 0 Å². The van der Waals surface area contributed by atoms with E-state index in [1.165, 1.54) is 24.3 Å². The number of ether oxygens (including phenoxy) is 1. The second-order valence-corrected chi connectivity index (χ2v) is 6.27. The highest BCUT2D eigenvalue weighted by atomic mass is 16.6. The number of phenols is 2. The molecule has 0 saturated heterocycles. The Bertz CT molecular complexity index is 698. The smallest absolute Gasteiger partial charge is 0.335 e. The van der Waals surface area contributed by atoms with Gasteiger partial charge in [-0.1, -0.05) is 13.0 Å². The van der Waals surface area contributed by atoms with Gasteiger partial charge in [-0.05, 0) is 36.1 Å². The fraction of sp³-hybridized carbons (Fsp3) is 0.412. The molecule has 4 atom stereocenters. The van der Waals surface area contributed by atoms with E-state index in [0.717, 1.165) is 6.08 Å². The number of carbonyl (C=O) groups excluding carboxylic acids is 1. The van der Waals surface area contributed by atoms with Gasteiger partial charge in [-0.2, -0.15) is 0 Å². The minimum absolute atomic E-state index is 0.139. The molecule has 0 aliphatic heterocycles. The SMILES string of the molecule is C[C@@H]1C[C@@](O)(C(=O)O)CC(OC(=O)/C=C/c2ccc(O)c(O)c2)[C@@H]1O. The van der Waals surface area contributed by atoms with E-state index in [-0.39, 0.29) is 17.9 Å². The summed E-state index contributed by atoms with van der Waals surface area (Å²) >= 11 is 0. The molecule has 2 rings (SSSR count). The first-order chi connectivity index (χ1) is 11.6. The van der Waals surface area contributed by atoms with E-state index < -0.39 is 42.1 Å². The van der Waals surface area contributed by atoms with Crippen molar-refractivity contribution in [3.05, 3.63) is 29.8 Å². The number of carbonyl (C=O) groups is 2. The van der Waals surface area contributed by atoms with Crippen LogP contribution in [0.2, 0.25) is 0 Å².